The maximum Gasteiger partial charge on any atom is 0.416 e. The van der Waals surface area contributed by atoms with E-state index in [1.54, 1.807) is 0 Å². The van der Waals surface area contributed by atoms with Gasteiger partial charge < -0.3 is 10.1 Å². The second-order valence-corrected chi connectivity index (χ2v) is 9.69. The molecule has 192 valence electrons. The van der Waals surface area contributed by atoms with E-state index in [0.29, 0.717) is 12.1 Å². The minimum atomic E-state index is -5.10. The van der Waals surface area contributed by atoms with Crippen molar-refractivity contribution >= 4 is 21.6 Å². The van der Waals surface area contributed by atoms with Crippen LogP contribution in [-0.2, 0) is 27.2 Å². The summed E-state index contributed by atoms with van der Waals surface area (Å²) in [4.78, 5) is 12.2. The van der Waals surface area contributed by atoms with E-state index in [4.69, 9.17) is 4.74 Å². The molecule has 2 aromatic rings. The lowest BCUT2D eigenvalue weighted by Gasteiger charge is -2.31. The van der Waals surface area contributed by atoms with E-state index in [9.17, 15) is 43.9 Å². The molecule has 1 saturated heterocycles. The Bertz CT molecular complexity index is 1180. The number of nitrogens with one attached hydrogen (secondary N) is 1. The number of methoxy groups -OCH3 is 1. The molecule has 35 heavy (non-hydrogen) atoms. The summed E-state index contributed by atoms with van der Waals surface area (Å²) in [7, 11) is -3.14. The third-order valence-corrected chi connectivity index (χ3v) is 7.24. The molecule has 2 aromatic carbocycles. The van der Waals surface area contributed by atoms with Crippen LogP contribution in [0.2, 0.25) is 0 Å². The molecule has 1 atom stereocenters. The molecule has 0 radical (unpaired) electrons. The topological polar surface area (TPSA) is 75.7 Å². The lowest BCUT2D eigenvalue weighted by molar-refractivity contribution is -0.143. The Morgan fingerprint density at radius 1 is 1.03 bits per heavy atom. The highest BCUT2D eigenvalue weighted by molar-refractivity contribution is 7.89. The highest BCUT2D eigenvalue weighted by Crippen LogP contribution is 2.38. The number of halogens is 7. The van der Waals surface area contributed by atoms with Gasteiger partial charge in [0.05, 0.1) is 24.2 Å². The molecule has 1 aliphatic heterocycles. The van der Waals surface area contributed by atoms with Crippen molar-refractivity contribution in [1.82, 2.24) is 4.31 Å². The van der Waals surface area contributed by atoms with E-state index in [1.165, 1.54) is 7.11 Å². The fraction of sp³-hybridized carbons (Fsp3) is 0.381. The van der Waals surface area contributed by atoms with E-state index in [2.05, 4.69) is 0 Å². The zero-order valence-electron chi connectivity index (χ0n) is 18.0. The summed E-state index contributed by atoms with van der Waals surface area (Å²) in [6, 6.07) is 3.51. The Hall–Kier alpha value is -2.87. The van der Waals surface area contributed by atoms with Crippen LogP contribution in [0.15, 0.2) is 41.3 Å². The maximum atomic E-state index is 13.7. The first-order valence-corrected chi connectivity index (χ1v) is 11.5. The van der Waals surface area contributed by atoms with Crippen molar-refractivity contribution in [2.75, 3.05) is 25.5 Å². The summed E-state index contributed by atoms with van der Waals surface area (Å²) >= 11 is 0. The van der Waals surface area contributed by atoms with E-state index < -0.39 is 68.3 Å². The number of hydrogen-bond donors (Lipinski definition) is 1. The number of alkyl halides is 6. The molecule has 0 aliphatic carbocycles. The maximum absolute atomic E-state index is 13.7. The van der Waals surface area contributed by atoms with Crippen LogP contribution in [0, 0.1) is 11.7 Å². The number of benzene rings is 2. The molecule has 1 heterocycles. The van der Waals surface area contributed by atoms with E-state index >= 15 is 0 Å². The van der Waals surface area contributed by atoms with Gasteiger partial charge in [0.15, 0.2) is 0 Å². The standard InChI is InChI=1S/C21H19F7N2O4S/c1-34-17-5-4-15(22)10-18(17)35(32,33)30-6-2-3-12(11-30)19(31)29-16-8-13(20(23,24)25)7-14(9-16)21(26,27)28/h4-5,7-10,12H,2-3,6,11H2,1H3,(H,29,31)/t12-/m1/s1. The molecule has 14 heteroatoms. The minimum Gasteiger partial charge on any atom is -0.495 e. The second-order valence-electron chi connectivity index (χ2n) is 7.78. The molecule has 1 amide bonds. The number of piperidine rings is 1. The zero-order valence-corrected chi connectivity index (χ0v) is 18.8. The van der Waals surface area contributed by atoms with Crippen LogP contribution >= 0.6 is 0 Å². The number of amides is 1. The van der Waals surface area contributed by atoms with Gasteiger partial charge >= 0.3 is 12.4 Å². The Kier molecular flexibility index (Phi) is 7.37. The van der Waals surface area contributed by atoms with Crippen molar-refractivity contribution < 1.29 is 48.7 Å². The molecular weight excluding hydrogens is 509 g/mol. The number of hydrogen-bond acceptors (Lipinski definition) is 4. The van der Waals surface area contributed by atoms with Crippen molar-refractivity contribution in [2.24, 2.45) is 5.92 Å². The Balaban J connectivity index is 1.85. The lowest BCUT2D eigenvalue weighted by Crippen LogP contribution is -2.43. The molecule has 1 aliphatic rings. The Morgan fingerprint density at radius 2 is 1.63 bits per heavy atom. The summed E-state index contributed by atoms with van der Waals surface area (Å²) < 4.78 is 124. The van der Waals surface area contributed by atoms with E-state index in [-0.39, 0.29) is 31.2 Å². The fourth-order valence-electron chi connectivity index (χ4n) is 3.64. The molecule has 0 unspecified atom stereocenters. The largest absolute Gasteiger partial charge is 0.495 e. The molecule has 3 rings (SSSR count). The predicted octanol–water partition coefficient (Wildman–Crippen LogP) is 4.91. The van der Waals surface area contributed by atoms with Gasteiger partial charge in [0.2, 0.25) is 15.9 Å². The molecule has 6 nitrogen and oxygen atoms in total. The number of carbonyl (C=O) groups is 1. The Labute approximate surface area is 195 Å². The SMILES string of the molecule is COc1ccc(F)cc1S(=O)(=O)N1CCC[C@@H](C(=O)Nc2cc(C(F)(F)F)cc(C(F)(F)F)c2)C1. The normalized spacial score (nSPS) is 17.8. The predicted molar refractivity (Wildman–Crippen MR) is 110 cm³/mol. The Morgan fingerprint density at radius 3 is 2.17 bits per heavy atom. The molecule has 1 fully saturated rings. The lowest BCUT2D eigenvalue weighted by atomic mass is 9.98. The first kappa shape index (κ1) is 26.7. The summed E-state index contributed by atoms with van der Waals surface area (Å²) in [5.74, 6) is -3.02. The highest BCUT2D eigenvalue weighted by Gasteiger charge is 2.38. The molecule has 0 saturated carbocycles. The van der Waals surface area contributed by atoms with Crippen LogP contribution in [-0.4, -0.2) is 38.8 Å². The summed E-state index contributed by atoms with van der Waals surface area (Å²) in [5, 5.41) is 2.03. The highest BCUT2D eigenvalue weighted by atomic mass is 32.2. The van der Waals surface area contributed by atoms with E-state index in [1.807, 2.05) is 5.32 Å². The number of anilines is 1. The molecule has 0 aromatic heterocycles. The fourth-order valence-corrected chi connectivity index (χ4v) is 5.33. The first-order valence-electron chi connectivity index (χ1n) is 10.1. The summed E-state index contributed by atoms with van der Waals surface area (Å²) in [6.45, 7) is -0.452. The van der Waals surface area contributed by atoms with Gasteiger partial charge in [0, 0.05) is 18.8 Å². The van der Waals surface area contributed by atoms with Crippen molar-refractivity contribution in [1.29, 1.82) is 0 Å². The van der Waals surface area contributed by atoms with Gasteiger partial charge in [-0.3, -0.25) is 4.79 Å². The van der Waals surface area contributed by atoms with Crippen molar-refractivity contribution in [3.63, 3.8) is 0 Å². The third-order valence-electron chi connectivity index (χ3n) is 5.35. The average molecular weight is 528 g/mol. The average Bonchev–Trinajstić information content (AvgIpc) is 2.77. The van der Waals surface area contributed by atoms with Crippen LogP contribution in [0.25, 0.3) is 0 Å². The molecular formula is C21H19F7N2O4S. The van der Waals surface area contributed by atoms with Gasteiger partial charge in [-0.1, -0.05) is 0 Å². The number of carbonyl (C=O) groups excluding carboxylic acids is 1. The van der Waals surface area contributed by atoms with Gasteiger partial charge in [-0.25, -0.2) is 12.8 Å². The van der Waals surface area contributed by atoms with Crippen LogP contribution in [0.4, 0.5) is 36.4 Å². The minimum absolute atomic E-state index is 0.0342. The smallest absolute Gasteiger partial charge is 0.416 e. The van der Waals surface area contributed by atoms with Crippen LogP contribution in [0.3, 0.4) is 0 Å². The van der Waals surface area contributed by atoms with Gasteiger partial charge in [-0.2, -0.15) is 30.6 Å². The number of sulfonamides is 1. The monoisotopic (exact) mass is 528 g/mol. The van der Waals surface area contributed by atoms with Gasteiger partial charge in [-0.15, -0.1) is 0 Å². The van der Waals surface area contributed by atoms with Gasteiger partial charge in [0.1, 0.15) is 16.5 Å². The number of nitrogens with zero attached hydrogens (tertiary/aromatic N) is 1. The first-order chi connectivity index (χ1) is 16.1. The van der Waals surface area contributed by atoms with Crippen LogP contribution in [0.5, 0.6) is 5.75 Å². The quantitative estimate of drug-likeness (QED) is 0.560. The van der Waals surface area contributed by atoms with Gasteiger partial charge in [-0.05, 0) is 49.2 Å². The van der Waals surface area contributed by atoms with Crippen LogP contribution in [0.1, 0.15) is 24.0 Å². The third kappa shape index (κ3) is 6.04. The van der Waals surface area contributed by atoms with Crippen molar-refractivity contribution in [2.45, 2.75) is 30.1 Å². The van der Waals surface area contributed by atoms with Crippen molar-refractivity contribution in [3.05, 3.63) is 53.3 Å². The van der Waals surface area contributed by atoms with E-state index in [0.717, 1.165) is 22.5 Å². The summed E-state index contributed by atoms with van der Waals surface area (Å²) in [6.07, 6.45) is -9.89. The van der Waals surface area contributed by atoms with Crippen LogP contribution < -0.4 is 10.1 Å². The zero-order chi connectivity index (χ0) is 26.2. The second kappa shape index (κ2) is 9.64. The number of rotatable bonds is 5. The summed E-state index contributed by atoms with van der Waals surface area (Å²) in [5.41, 5.74) is -3.94. The molecule has 0 bridgehead atoms. The van der Waals surface area contributed by atoms with Crippen molar-refractivity contribution in [3.8, 4) is 5.75 Å². The molecule has 1 N–H and O–H groups in total. The molecule has 0 spiro atoms. The number of ether oxygens (including phenoxy) is 1. The van der Waals surface area contributed by atoms with Gasteiger partial charge in [0.25, 0.3) is 0 Å².